The van der Waals surface area contributed by atoms with Gasteiger partial charge in [0.05, 0.1) is 6.61 Å². The highest BCUT2D eigenvalue weighted by Crippen LogP contribution is 1.99. The summed E-state index contributed by atoms with van der Waals surface area (Å²) in [5.41, 5.74) is 1.19. The van der Waals surface area contributed by atoms with Crippen molar-refractivity contribution in [3.63, 3.8) is 0 Å². The second-order valence-corrected chi connectivity index (χ2v) is 3.31. The van der Waals surface area contributed by atoms with Gasteiger partial charge in [0, 0.05) is 25.5 Å². The molecule has 16 heavy (non-hydrogen) atoms. The van der Waals surface area contributed by atoms with Crippen LogP contribution in [-0.4, -0.2) is 35.9 Å². The Morgan fingerprint density at radius 3 is 3.06 bits per heavy atom. The third-order valence-electron chi connectivity index (χ3n) is 2.00. The molecule has 1 rings (SSSR count). The van der Waals surface area contributed by atoms with Crippen LogP contribution < -0.4 is 5.32 Å². The quantitative estimate of drug-likeness (QED) is 0.685. The second-order valence-electron chi connectivity index (χ2n) is 3.31. The molecule has 5 nitrogen and oxygen atoms in total. The zero-order valence-electron chi connectivity index (χ0n) is 9.06. The topological polar surface area (TPSA) is 71.5 Å². The van der Waals surface area contributed by atoms with Crippen LogP contribution in [0.15, 0.2) is 24.5 Å². The van der Waals surface area contributed by atoms with Gasteiger partial charge < -0.3 is 15.2 Å². The van der Waals surface area contributed by atoms with E-state index in [1.807, 2.05) is 18.3 Å². The van der Waals surface area contributed by atoms with E-state index in [0.29, 0.717) is 19.8 Å². The molecule has 88 valence electrons. The maximum atomic E-state index is 10.1. The second kappa shape index (κ2) is 7.64. The number of carbonyl (C=O) groups is 1. The van der Waals surface area contributed by atoms with Crippen LogP contribution in [0.5, 0.6) is 0 Å². The first-order valence-corrected chi connectivity index (χ1v) is 5.22. The predicted octanol–water partition coefficient (Wildman–Crippen LogP) is 1.30. The van der Waals surface area contributed by atoms with Crippen molar-refractivity contribution in [3.8, 4) is 0 Å². The van der Waals surface area contributed by atoms with E-state index in [2.05, 4.69) is 10.3 Å². The van der Waals surface area contributed by atoms with E-state index < -0.39 is 6.09 Å². The van der Waals surface area contributed by atoms with Crippen molar-refractivity contribution >= 4 is 6.09 Å². The summed E-state index contributed by atoms with van der Waals surface area (Å²) in [6, 6.07) is 3.94. The molecule has 0 saturated heterocycles. The van der Waals surface area contributed by atoms with Crippen LogP contribution >= 0.6 is 0 Å². The van der Waals surface area contributed by atoms with Gasteiger partial charge in [-0.2, -0.15) is 0 Å². The fraction of sp³-hybridized carbons (Fsp3) is 0.455. The summed E-state index contributed by atoms with van der Waals surface area (Å²) in [5.74, 6) is 0. The zero-order valence-corrected chi connectivity index (χ0v) is 9.06. The van der Waals surface area contributed by atoms with Gasteiger partial charge in [-0.3, -0.25) is 4.98 Å². The van der Waals surface area contributed by atoms with E-state index in [1.165, 1.54) is 5.56 Å². The first-order valence-electron chi connectivity index (χ1n) is 5.22. The van der Waals surface area contributed by atoms with Crippen molar-refractivity contribution in [2.75, 3.05) is 19.8 Å². The van der Waals surface area contributed by atoms with Gasteiger partial charge in [-0.25, -0.2) is 4.79 Å². The van der Waals surface area contributed by atoms with Gasteiger partial charge in [-0.1, -0.05) is 6.07 Å². The molecular weight excluding hydrogens is 208 g/mol. The Hall–Kier alpha value is -1.62. The molecule has 1 aromatic rings. The minimum absolute atomic E-state index is 0.336. The number of ether oxygens (including phenoxy) is 1. The smallest absolute Gasteiger partial charge is 0.404 e. The summed E-state index contributed by atoms with van der Waals surface area (Å²) in [4.78, 5) is 14.1. The number of pyridine rings is 1. The van der Waals surface area contributed by atoms with Crippen LogP contribution in [0.25, 0.3) is 0 Å². The molecule has 0 aliphatic rings. The van der Waals surface area contributed by atoms with E-state index in [-0.39, 0.29) is 0 Å². The van der Waals surface area contributed by atoms with E-state index in [1.54, 1.807) is 6.20 Å². The van der Waals surface area contributed by atoms with Gasteiger partial charge in [-0.15, -0.1) is 0 Å². The molecule has 2 N–H and O–H groups in total. The first-order chi connectivity index (χ1) is 7.79. The SMILES string of the molecule is O=C(O)NCCOCCCc1cccnc1. The van der Waals surface area contributed by atoms with Crippen LogP contribution in [-0.2, 0) is 11.2 Å². The average molecular weight is 224 g/mol. The van der Waals surface area contributed by atoms with E-state index in [9.17, 15) is 4.79 Å². The summed E-state index contributed by atoms with van der Waals surface area (Å²) < 4.78 is 5.26. The van der Waals surface area contributed by atoms with Crippen molar-refractivity contribution in [2.45, 2.75) is 12.8 Å². The molecule has 0 aromatic carbocycles. The van der Waals surface area contributed by atoms with Crippen LogP contribution in [0, 0.1) is 0 Å². The molecule has 0 bridgehead atoms. The highest BCUT2D eigenvalue weighted by molar-refractivity contribution is 5.64. The van der Waals surface area contributed by atoms with Crippen LogP contribution in [0.4, 0.5) is 4.79 Å². The molecule has 1 heterocycles. The van der Waals surface area contributed by atoms with Crippen molar-refractivity contribution in [3.05, 3.63) is 30.1 Å². The minimum atomic E-state index is -1.01. The number of carboxylic acid groups (broad SMARTS) is 1. The molecule has 0 aliphatic heterocycles. The third kappa shape index (κ3) is 5.98. The predicted molar refractivity (Wildman–Crippen MR) is 59.4 cm³/mol. The summed E-state index contributed by atoms with van der Waals surface area (Å²) in [5, 5.41) is 10.5. The fourth-order valence-electron chi connectivity index (χ4n) is 1.26. The molecule has 0 atom stereocenters. The van der Waals surface area contributed by atoms with Crippen molar-refractivity contribution in [1.29, 1.82) is 0 Å². The molecule has 0 unspecified atom stereocenters. The molecule has 0 saturated carbocycles. The van der Waals surface area contributed by atoms with Crippen LogP contribution in [0.1, 0.15) is 12.0 Å². The molecule has 1 aromatic heterocycles. The molecule has 0 radical (unpaired) electrons. The van der Waals surface area contributed by atoms with Gasteiger partial charge in [0.25, 0.3) is 0 Å². The lowest BCUT2D eigenvalue weighted by Gasteiger charge is -2.04. The number of rotatable bonds is 7. The molecule has 5 heteroatoms. The molecule has 0 fully saturated rings. The lowest BCUT2D eigenvalue weighted by atomic mass is 10.2. The van der Waals surface area contributed by atoms with E-state index >= 15 is 0 Å². The Kier molecular flexibility index (Phi) is 5.95. The van der Waals surface area contributed by atoms with Crippen molar-refractivity contribution < 1.29 is 14.6 Å². The summed E-state index contributed by atoms with van der Waals surface area (Å²) in [6.07, 6.45) is 4.42. The Morgan fingerprint density at radius 2 is 2.38 bits per heavy atom. The summed E-state index contributed by atoms with van der Waals surface area (Å²) in [6.45, 7) is 1.39. The maximum absolute atomic E-state index is 10.1. The van der Waals surface area contributed by atoms with Crippen molar-refractivity contribution in [2.24, 2.45) is 0 Å². The number of amides is 1. The van der Waals surface area contributed by atoms with Gasteiger partial charge in [0.15, 0.2) is 0 Å². The standard InChI is InChI=1S/C11H16N2O3/c14-11(15)13-6-8-16-7-2-4-10-3-1-5-12-9-10/h1,3,5,9,13H,2,4,6-8H2,(H,14,15). The molecule has 0 spiro atoms. The maximum Gasteiger partial charge on any atom is 0.404 e. The Balaban J connectivity index is 1.94. The van der Waals surface area contributed by atoms with E-state index in [0.717, 1.165) is 12.8 Å². The van der Waals surface area contributed by atoms with Gasteiger partial charge in [-0.05, 0) is 24.5 Å². The number of nitrogens with zero attached hydrogens (tertiary/aromatic N) is 1. The number of hydrogen-bond donors (Lipinski definition) is 2. The highest BCUT2D eigenvalue weighted by atomic mass is 16.5. The number of aromatic nitrogens is 1. The van der Waals surface area contributed by atoms with Gasteiger partial charge >= 0.3 is 6.09 Å². The van der Waals surface area contributed by atoms with Crippen molar-refractivity contribution in [1.82, 2.24) is 10.3 Å². The van der Waals surface area contributed by atoms with Crippen LogP contribution in [0.2, 0.25) is 0 Å². The number of hydrogen-bond acceptors (Lipinski definition) is 3. The van der Waals surface area contributed by atoms with Crippen LogP contribution in [0.3, 0.4) is 0 Å². The lowest BCUT2D eigenvalue weighted by molar-refractivity contribution is 0.130. The summed E-state index contributed by atoms with van der Waals surface area (Å²) in [7, 11) is 0. The average Bonchev–Trinajstić information content (AvgIpc) is 2.29. The Morgan fingerprint density at radius 1 is 1.50 bits per heavy atom. The Labute approximate surface area is 94.5 Å². The van der Waals surface area contributed by atoms with E-state index in [4.69, 9.17) is 9.84 Å². The molecule has 1 amide bonds. The molecule has 0 aliphatic carbocycles. The van der Waals surface area contributed by atoms with Gasteiger partial charge in [0.2, 0.25) is 0 Å². The number of nitrogens with one attached hydrogen (secondary N) is 1. The minimum Gasteiger partial charge on any atom is -0.465 e. The largest absolute Gasteiger partial charge is 0.465 e. The normalized spacial score (nSPS) is 10.0. The highest BCUT2D eigenvalue weighted by Gasteiger charge is 1.95. The number of aryl methyl sites for hydroxylation is 1. The molecular formula is C11H16N2O3. The Bertz CT molecular complexity index is 303. The monoisotopic (exact) mass is 224 g/mol. The lowest BCUT2D eigenvalue weighted by Crippen LogP contribution is -2.25. The summed E-state index contributed by atoms with van der Waals surface area (Å²) >= 11 is 0. The third-order valence-corrected chi connectivity index (χ3v) is 2.00. The first kappa shape index (κ1) is 12.4. The fourth-order valence-corrected chi connectivity index (χ4v) is 1.26. The van der Waals surface area contributed by atoms with Gasteiger partial charge in [0.1, 0.15) is 0 Å². The zero-order chi connectivity index (χ0) is 11.6.